The van der Waals surface area contributed by atoms with E-state index in [4.69, 9.17) is 5.73 Å². The fraction of sp³-hybridized carbons (Fsp3) is 0.733. The molecule has 0 aliphatic heterocycles. The second-order valence-corrected chi connectivity index (χ2v) is 7.89. The molecule has 1 aromatic rings. The standard InChI is InChI=1S/C15H23F2NS/c1-15(2,3)10-4-5-13-9(6-10)7-11(19-13)8-12(18)14(16)17/h7,10,12,14H,4-6,8,18H2,1-3H3. The quantitative estimate of drug-likeness (QED) is 0.892. The summed E-state index contributed by atoms with van der Waals surface area (Å²) < 4.78 is 25.0. The molecule has 0 saturated heterocycles. The van der Waals surface area contributed by atoms with E-state index in [-0.39, 0.29) is 0 Å². The van der Waals surface area contributed by atoms with Gasteiger partial charge in [-0.15, -0.1) is 11.3 Å². The van der Waals surface area contributed by atoms with Gasteiger partial charge in [-0.25, -0.2) is 8.78 Å². The van der Waals surface area contributed by atoms with E-state index in [1.165, 1.54) is 16.9 Å². The van der Waals surface area contributed by atoms with Gasteiger partial charge in [0.05, 0.1) is 6.04 Å². The molecule has 19 heavy (non-hydrogen) atoms. The molecule has 0 radical (unpaired) electrons. The number of nitrogens with two attached hydrogens (primary N) is 1. The maximum Gasteiger partial charge on any atom is 0.253 e. The first-order valence-corrected chi connectivity index (χ1v) is 7.73. The second kappa shape index (κ2) is 5.49. The Morgan fingerprint density at radius 1 is 1.42 bits per heavy atom. The van der Waals surface area contributed by atoms with Gasteiger partial charge in [-0.3, -0.25) is 0 Å². The van der Waals surface area contributed by atoms with Gasteiger partial charge in [0.1, 0.15) is 0 Å². The normalized spacial score (nSPS) is 21.5. The maximum atomic E-state index is 12.5. The van der Waals surface area contributed by atoms with Crippen molar-refractivity contribution in [1.82, 2.24) is 0 Å². The van der Waals surface area contributed by atoms with E-state index in [2.05, 4.69) is 26.8 Å². The molecule has 2 rings (SSSR count). The SMILES string of the molecule is CC(C)(C)C1CCc2sc(CC(N)C(F)F)cc2C1. The van der Waals surface area contributed by atoms with Crippen LogP contribution in [0.25, 0.3) is 0 Å². The Labute approximate surface area is 118 Å². The van der Waals surface area contributed by atoms with Crippen molar-refractivity contribution in [1.29, 1.82) is 0 Å². The van der Waals surface area contributed by atoms with Crippen LogP contribution in [-0.2, 0) is 19.3 Å². The van der Waals surface area contributed by atoms with E-state index in [1.807, 2.05) is 0 Å². The van der Waals surface area contributed by atoms with Gasteiger partial charge in [-0.2, -0.15) is 0 Å². The first-order chi connectivity index (χ1) is 8.77. The minimum atomic E-state index is -2.43. The molecule has 2 unspecified atom stereocenters. The fourth-order valence-electron chi connectivity index (χ4n) is 2.75. The first kappa shape index (κ1) is 14.9. The molecule has 2 N–H and O–H groups in total. The Kier molecular flexibility index (Phi) is 4.31. The van der Waals surface area contributed by atoms with E-state index in [0.29, 0.717) is 17.8 Å². The highest BCUT2D eigenvalue weighted by molar-refractivity contribution is 7.12. The van der Waals surface area contributed by atoms with Crippen molar-refractivity contribution in [2.45, 2.75) is 58.9 Å². The number of alkyl halides is 2. The van der Waals surface area contributed by atoms with Gasteiger partial charge >= 0.3 is 0 Å². The predicted octanol–water partition coefficient (Wildman–Crippen LogP) is 4.03. The Balaban J connectivity index is 2.08. The summed E-state index contributed by atoms with van der Waals surface area (Å²) >= 11 is 1.68. The lowest BCUT2D eigenvalue weighted by molar-refractivity contribution is 0.116. The molecule has 1 nitrogen and oxygen atoms in total. The summed E-state index contributed by atoms with van der Waals surface area (Å²) in [4.78, 5) is 2.41. The Morgan fingerprint density at radius 2 is 2.11 bits per heavy atom. The molecule has 108 valence electrons. The number of aryl methyl sites for hydroxylation is 1. The lowest BCUT2D eigenvalue weighted by Crippen LogP contribution is -2.30. The fourth-order valence-corrected chi connectivity index (χ4v) is 4.03. The predicted molar refractivity (Wildman–Crippen MR) is 77.0 cm³/mol. The van der Waals surface area contributed by atoms with E-state index in [9.17, 15) is 8.78 Å². The average molecular weight is 287 g/mol. The van der Waals surface area contributed by atoms with Crippen molar-refractivity contribution >= 4 is 11.3 Å². The molecule has 0 amide bonds. The van der Waals surface area contributed by atoms with Crippen molar-refractivity contribution in [3.63, 3.8) is 0 Å². The Hall–Kier alpha value is -0.480. The third-order valence-electron chi connectivity index (χ3n) is 4.12. The molecule has 1 aliphatic carbocycles. The summed E-state index contributed by atoms with van der Waals surface area (Å²) in [6, 6.07) is 1.08. The molecule has 0 fully saturated rings. The van der Waals surface area contributed by atoms with Crippen molar-refractivity contribution in [3.05, 3.63) is 21.4 Å². The largest absolute Gasteiger partial charge is 0.323 e. The summed E-state index contributed by atoms with van der Waals surface area (Å²) in [5, 5.41) is 0. The monoisotopic (exact) mass is 287 g/mol. The molecule has 1 aliphatic rings. The zero-order valence-electron chi connectivity index (χ0n) is 11.9. The van der Waals surface area contributed by atoms with Crippen LogP contribution in [0.1, 0.15) is 42.5 Å². The minimum Gasteiger partial charge on any atom is -0.323 e. The maximum absolute atomic E-state index is 12.5. The highest BCUT2D eigenvalue weighted by atomic mass is 32.1. The van der Waals surface area contributed by atoms with E-state index >= 15 is 0 Å². The van der Waals surface area contributed by atoms with Crippen molar-refractivity contribution in [2.24, 2.45) is 17.1 Å². The number of thiophene rings is 1. The molecule has 2 atom stereocenters. The molecule has 1 aromatic heterocycles. The summed E-state index contributed by atoms with van der Waals surface area (Å²) in [5.41, 5.74) is 7.15. The summed E-state index contributed by atoms with van der Waals surface area (Å²) in [6.07, 6.45) is 1.25. The third-order valence-corrected chi connectivity index (χ3v) is 5.38. The van der Waals surface area contributed by atoms with Crippen LogP contribution in [0.3, 0.4) is 0 Å². The van der Waals surface area contributed by atoms with Gasteiger partial charge in [-0.05, 0) is 42.2 Å². The number of hydrogen-bond acceptors (Lipinski definition) is 2. The lowest BCUT2D eigenvalue weighted by Gasteiger charge is -2.33. The molecule has 0 aromatic carbocycles. The summed E-state index contributed by atoms with van der Waals surface area (Å²) in [6.45, 7) is 6.84. The molecule has 1 heterocycles. The van der Waals surface area contributed by atoms with Gasteiger partial charge in [0.2, 0.25) is 0 Å². The van der Waals surface area contributed by atoms with Crippen LogP contribution in [0.4, 0.5) is 8.78 Å². The van der Waals surface area contributed by atoms with Crippen LogP contribution < -0.4 is 5.73 Å². The van der Waals surface area contributed by atoms with E-state index in [1.54, 1.807) is 11.3 Å². The second-order valence-electron chi connectivity index (χ2n) is 6.67. The molecular formula is C15H23F2NS. The average Bonchev–Trinajstić information content (AvgIpc) is 2.68. The minimum absolute atomic E-state index is 0.301. The number of fused-ring (bicyclic) bond motifs is 1. The topological polar surface area (TPSA) is 26.0 Å². The Morgan fingerprint density at radius 3 is 2.68 bits per heavy atom. The van der Waals surface area contributed by atoms with Gasteiger partial charge in [0, 0.05) is 16.2 Å². The van der Waals surface area contributed by atoms with Crippen LogP contribution >= 0.6 is 11.3 Å². The highest BCUT2D eigenvalue weighted by Gasteiger charge is 2.30. The van der Waals surface area contributed by atoms with Gasteiger partial charge in [-0.1, -0.05) is 20.8 Å². The summed E-state index contributed by atoms with van der Waals surface area (Å²) in [7, 11) is 0. The van der Waals surface area contributed by atoms with Crippen LogP contribution in [0, 0.1) is 11.3 Å². The zero-order chi connectivity index (χ0) is 14.2. The van der Waals surface area contributed by atoms with Gasteiger partial charge < -0.3 is 5.73 Å². The molecule has 0 spiro atoms. The van der Waals surface area contributed by atoms with Crippen molar-refractivity contribution in [3.8, 4) is 0 Å². The highest BCUT2D eigenvalue weighted by Crippen LogP contribution is 2.40. The van der Waals surface area contributed by atoms with E-state index in [0.717, 1.165) is 17.7 Å². The number of halogens is 2. The van der Waals surface area contributed by atoms with Crippen LogP contribution in [0.2, 0.25) is 0 Å². The lowest BCUT2D eigenvalue weighted by atomic mass is 9.72. The van der Waals surface area contributed by atoms with Crippen molar-refractivity contribution in [2.75, 3.05) is 0 Å². The molecule has 0 saturated carbocycles. The van der Waals surface area contributed by atoms with Gasteiger partial charge in [0.15, 0.2) is 0 Å². The zero-order valence-corrected chi connectivity index (χ0v) is 12.7. The summed E-state index contributed by atoms with van der Waals surface area (Å²) in [5.74, 6) is 0.686. The smallest absolute Gasteiger partial charge is 0.253 e. The molecular weight excluding hydrogens is 264 g/mol. The molecule has 0 bridgehead atoms. The van der Waals surface area contributed by atoms with Crippen LogP contribution in [-0.4, -0.2) is 12.5 Å². The molecule has 4 heteroatoms. The first-order valence-electron chi connectivity index (χ1n) is 6.91. The van der Waals surface area contributed by atoms with E-state index < -0.39 is 12.5 Å². The number of rotatable bonds is 3. The van der Waals surface area contributed by atoms with Crippen LogP contribution in [0.15, 0.2) is 6.07 Å². The van der Waals surface area contributed by atoms with Crippen molar-refractivity contribution < 1.29 is 8.78 Å². The number of hydrogen-bond donors (Lipinski definition) is 1. The Bertz CT molecular complexity index is 434. The van der Waals surface area contributed by atoms with Crippen LogP contribution in [0.5, 0.6) is 0 Å². The third kappa shape index (κ3) is 3.54. The van der Waals surface area contributed by atoms with Gasteiger partial charge in [0.25, 0.3) is 6.43 Å².